The summed E-state index contributed by atoms with van der Waals surface area (Å²) in [5.41, 5.74) is 0. The van der Waals surface area contributed by atoms with Gasteiger partial charge >= 0.3 is 5.97 Å². The van der Waals surface area contributed by atoms with Crippen molar-refractivity contribution in [2.45, 2.75) is 32.6 Å². The standard InChI is InChI=1S/C11H22N2O3/c1-3-9(4-5-11(15)16)6-7-13-10(14)8-12-2/h9,12H,3-8H2,1-2H3,(H,13,14)(H,15,16). The van der Waals surface area contributed by atoms with Gasteiger partial charge in [-0.25, -0.2) is 0 Å². The molecule has 0 fully saturated rings. The lowest BCUT2D eigenvalue weighted by Crippen LogP contribution is -2.33. The van der Waals surface area contributed by atoms with Crippen LogP contribution in [0.4, 0.5) is 0 Å². The summed E-state index contributed by atoms with van der Waals surface area (Å²) in [5, 5.41) is 14.1. The summed E-state index contributed by atoms with van der Waals surface area (Å²) >= 11 is 0. The van der Waals surface area contributed by atoms with E-state index in [1.54, 1.807) is 7.05 Å². The lowest BCUT2D eigenvalue weighted by Gasteiger charge is -2.13. The molecular formula is C11H22N2O3. The van der Waals surface area contributed by atoms with Crippen molar-refractivity contribution in [2.24, 2.45) is 5.92 Å². The third-order valence-corrected chi connectivity index (χ3v) is 2.56. The molecule has 5 nitrogen and oxygen atoms in total. The summed E-state index contributed by atoms with van der Waals surface area (Å²) < 4.78 is 0. The number of carboxylic acids is 1. The van der Waals surface area contributed by atoms with E-state index >= 15 is 0 Å². The zero-order chi connectivity index (χ0) is 12.4. The Hall–Kier alpha value is -1.10. The maximum atomic E-state index is 11.1. The number of carbonyl (C=O) groups is 2. The van der Waals surface area contributed by atoms with E-state index in [1.807, 2.05) is 6.92 Å². The van der Waals surface area contributed by atoms with Gasteiger partial charge in [0.25, 0.3) is 0 Å². The number of amides is 1. The quantitative estimate of drug-likeness (QED) is 0.542. The molecule has 5 heteroatoms. The highest BCUT2D eigenvalue weighted by molar-refractivity contribution is 5.77. The molecule has 0 aliphatic heterocycles. The van der Waals surface area contributed by atoms with Gasteiger partial charge in [-0.1, -0.05) is 13.3 Å². The lowest BCUT2D eigenvalue weighted by molar-refractivity contribution is -0.137. The fraction of sp³-hybridized carbons (Fsp3) is 0.818. The van der Waals surface area contributed by atoms with Gasteiger partial charge in [0, 0.05) is 13.0 Å². The Morgan fingerprint density at radius 3 is 2.50 bits per heavy atom. The molecule has 0 aliphatic rings. The van der Waals surface area contributed by atoms with Crippen molar-refractivity contribution in [3.63, 3.8) is 0 Å². The Morgan fingerprint density at radius 1 is 1.31 bits per heavy atom. The number of likely N-dealkylation sites (N-methyl/N-ethyl adjacent to an activating group) is 1. The summed E-state index contributed by atoms with van der Waals surface area (Å²) in [6, 6.07) is 0. The summed E-state index contributed by atoms with van der Waals surface area (Å²) in [7, 11) is 1.72. The van der Waals surface area contributed by atoms with E-state index in [2.05, 4.69) is 10.6 Å². The van der Waals surface area contributed by atoms with Crippen molar-refractivity contribution in [1.82, 2.24) is 10.6 Å². The molecule has 1 amide bonds. The molecule has 0 saturated carbocycles. The number of rotatable bonds is 9. The molecule has 0 aliphatic carbocycles. The van der Waals surface area contributed by atoms with Crippen LogP contribution < -0.4 is 10.6 Å². The SMILES string of the molecule is CCC(CCNC(=O)CNC)CCC(=O)O. The minimum absolute atomic E-state index is 0.0180. The fourth-order valence-corrected chi connectivity index (χ4v) is 1.52. The van der Waals surface area contributed by atoms with Crippen molar-refractivity contribution in [2.75, 3.05) is 20.1 Å². The first-order chi connectivity index (χ1) is 7.60. The molecule has 0 radical (unpaired) electrons. The Morgan fingerprint density at radius 2 is 2.00 bits per heavy atom. The molecule has 16 heavy (non-hydrogen) atoms. The van der Waals surface area contributed by atoms with E-state index in [0.29, 0.717) is 25.4 Å². The Bertz CT molecular complexity index is 219. The molecule has 3 N–H and O–H groups in total. The number of carbonyl (C=O) groups excluding carboxylic acids is 1. The van der Waals surface area contributed by atoms with Crippen LogP contribution in [-0.2, 0) is 9.59 Å². The third-order valence-electron chi connectivity index (χ3n) is 2.56. The summed E-state index contributed by atoms with van der Waals surface area (Å²) in [6.45, 7) is 2.99. The van der Waals surface area contributed by atoms with Crippen LogP contribution in [0, 0.1) is 5.92 Å². The van der Waals surface area contributed by atoms with Crippen molar-refractivity contribution in [3.05, 3.63) is 0 Å². The number of aliphatic carboxylic acids is 1. The third kappa shape index (κ3) is 8.23. The monoisotopic (exact) mass is 230 g/mol. The maximum Gasteiger partial charge on any atom is 0.303 e. The van der Waals surface area contributed by atoms with Gasteiger partial charge in [-0.3, -0.25) is 9.59 Å². The lowest BCUT2D eigenvalue weighted by atomic mass is 9.97. The second-order valence-corrected chi connectivity index (χ2v) is 3.88. The molecule has 94 valence electrons. The Balaban J connectivity index is 3.62. The van der Waals surface area contributed by atoms with Crippen LogP contribution in [0.2, 0.25) is 0 Å². The minimum atomic E-state index is -0.752. The zero-order valence-corrected chi connectivity index (χ0v) is 10.1. The van der Waals surface area contributed by atoms with Crippen molar-refractivity contribution < 1.29 is 14.7 Å². The smallest absolute Gasteiger partial charge is 0.303 e. The van der Waals surface area contributed by atoms with E-state index in [9.17, 15) is 9.59 Å². The van der Waals surface area contributed by atoms with Gasteiger partial charge in [0.05, 0.1) is 6.54 Å². The van der Waals surface area contributed by atoms with Crippen LogP contribution >= 0.6 is 0 Å². The van der Waals surface area contributed by atoms with Crippen LogP contribution in [0.1, 0.15) is 32.6 Å². The van der Waals surface area contributed by atoms with E-state index in [-0.39, 0.29) is 12.3 Å². The topological polar surface area (TPSA) is 78.4 Å². The highest BCUT2D eigenvalue weighted by atomic mass is 16.4. The van der Waals surface area contributed by atoms with E-state index in [1.165, 1.54) is 0 Å². The van der Waals surface area contributed by atoms with Crippen molar-refractivity contribution in [3.8, 4) is 0 Å². The number of hydrogen-bond donors (Lipinski definition) is 3. The predicted octanol–water partition coefficient (Wildman–Crippen LogP) is 0.603. The van der Waals surface area contributed by atoms with Gasteiger partial charge in [0.15, 0.2) is 0 Å². The average molecular weight is 230 g/mol. The average Bonchev–Trinajstić information content (AvgIpc) is 2.23. The van der Waals surface area contributed by atoms with Crippen molar-refractivity contribution >= 4 is 11.9 Å². The second kappa shape index (κ2) is 9.15. The van der Waals surface area contributed by atoms with Gasteiger partial charge in [0.1, 0.15) is 0 Å². The molecule has 0 spiro atoms. The normalized spacial score (nSPS) is 12.1. The molecule has 0 bridgehead atoms. The van der Waals surface area contributed by atoms with Crippen LogP contribution in [0.25, 0.3) is 0 Å². The van der Waals surface area contributed by atoms with E-state index in [0.717, 1.165) is 12.8 Å². The predicted molar refractivity (Wildman–Crippen MR) is 62.2 cm³/mol. The molecular weight excluding hydrogens is 208 g/mol. The Labute approximate surface area is 96.6 Å². The largest absolute Gasteiger partial charge is 0.481 e. The van der Waals surface area contributed by atoms with E-state index < -0.39 is 5.97 Å². The maximum absolute atomic E-state index is 11.1. The van der Waals surface area contributed by atoms with Gasteiger partial charge in [-0.2, -0.15) is 0 Å². The molecule has 1 unspecified atom stereocenters. The van der Waals surface area contributed by atoms with E-state index in [4.69, 9.17) is 5.11 Å². The van der Waals surface area contributed by atoms with Crippen LogP contribution in [0.15, 0.2) is 0 Å². The van der Waals surface area contributed by atoms with Gasteiger partial charge in [0.2, 0.25) is 5.91 Å². The molecule has 0 aromatic rings. The summed E-state index contributed by atoms with van der Waals surface area (Å²) in [5.74, 6) is -0.390. The minimum Gasteiger partial charge on any atom is -0.481 e. The van der Waals surface area contributed by atoms with Gasteiger partial charge < -0.3 is 15.7 Å². The number of nitrogens with one attached hydrogen (secondary N) is 2. The Kier molecular flexibility index (Phi) is 8.52. The highest BCUT2D eigenvalue weighted by Gasteiger charge is 2.09. The molecule has 0 heterocycles. The number of carboxylic acid groups (broad SMARTS) is 1. The van der Waals surface area contributed by atoms with Crippen LogP contribution in [-0.4, -0.2) is 37.1 Å². The zero-order valence-electron chi connectivity index (χ0n) is 10.1. The number of hydrogen-bond acceptors (Lipinski definition) is 3. The fourth-order valence-electron chi connectivity index (χ4n) is 1.52. The first kappa shape index (κ1) is 14.9. The van der Waals surface area contributed by atoms with Crippen LogP contribution in [0.5, 0.6) is 0 Å². The molecule has 0 aromatic heterocycles. The van der Waals surface area contributed by atoms with Crippen molar-refractivity contribution in [1.29, 1.82) is 0 Å². The molecule has 0 saturated heterocycles. The van der Waals surface area contributed by atoms with Crippen LogP contribution in [0.3, 0.4) is 0 Å². The summed E-state index contributed by atoms with van der Waals surface area (Å²) in [6.07, 6.45) is 2.70. The summed E-state index contributed by atoms with van der Waals surface area (Å²) in [4.78, 5) is 21.5. The first-order valence-corrected chi connectivity index (χ1v) is 5.73. The first-order valence-electron chi connectivity index (χ1n) is 5.73. The molecule has 1 atom stereocenters. The second-order valence-electron chi connectivity index (χ2n) is 3.88. The molecule has 0 aromatic carbocycles. The van der Waals surface area contributed by atoms with Gasteiger partial charge in [-0.05, 0) is 25.8 Å². The van der Waals surface area contributed by atoms with Gasteiger partial charge in [-0.15, -0.1) is 0 Å². The molecule has 0 rings (SSSR count). The highest BCUT2D eigenvalue weighted by Crippen LogP contribution is 2.14.